The SMILES string of the molecule is CCN(CC)CCC1COc2cc3ncnc(Nc4cccc(Cl)c4)c3cc2O1. The Bertz CT molecular complexity index is 994. The van der Waals surface area contributed by atoms with Gasteiger partial charge < -0.3 is 19.7 Å². The van der Waals surface area contributed by atoms with E-state index in [9.17, 15) is 0 Å². The van der Waals surface area contributed by atoms with Crippen molar-refractivity contribution in [1.82, 2.24) is 14.9 Å². The van der Waals surface area contributed by atoms with E-state index in [-0.39, 0.29) is 6.10 Å². The predicted octanol–water partition coefficient (Wildman–Crippen LogP) is 4.90. The molecule has 0 saturated heterocycles. The van der Waals surface area contributed by atoms with Gasteiger partial charge in [0, 0.05) is 35.1 Å². The van der Waals surface area contributed by atoms with Gasteiger partial charge in [0.15, 0.2) is 11.5 Å². The summed E-state index contributed by atoms with van der Waals surface area (Å²) in [7, 11) is 0. The van der Waals surface area contributed by atoms with Crippen molar-refractivity contribution in [2.45, 2.75) is 26.4 Å². The molecule has 6 nitrogen and oxygen atoms in total. The normalized spacial score (nSPS) is 15.7. The van der Waals surface area contributed by atoms with Crippen LogP contribution in [0.2, 0.25) is 5.02 Å². The van der Waals surface area contributed by atoms with Crippen LogP contribution in [0.1, 0.15) is 20.3 Å². The van der Waals surface area contributed by atoms with Crippen molar-refractivity contribution in [2.24, 2.45) is 0 Å². The standard InChI is InChI=1S/C22H25ClN4O2/c1-3-27(4-2)9-8-17-13-28-20-12-19-18(11-21(20)29-17)22(25-14-24-19)26-16-7-5-6-15(23)10-16/h5-7,10-12,14,17H,3-4,8-9,13H2,1-2H3,(H,24,25,26). The molecule has 1 aliphatic heterocycles. The van der Waals surface area contributed by atoms with Gasteiger partial charge in [-0.15, -0.1) is 0 Å². The lowest BCUT2D eigenvalue weighted by Crippen LogP contribution is -2.34. The minimum Gasteiger partial charge on any atom is -0.486 e. The van der Waals surface area contributed by atoms with Crippen molar-refractivity contribution in [3.8, 4) is 11.5 Å². The van der Waals surface area contributed by atoms with Gasteiger partial charge >= 0.3 is 0 Å². The fraction of sp³-hybridized carbons (Fsp3) is 0.364. The maximum Gasteiger partial charge on any atom is 0.163 e. The third-order valence-electron chi connectivity index (χ3n) is 5.17. The van der Waals surface area contributed by atoms with Crippen LogP contribution in [0.3, 0.4) is 0 Å². The van der Waals surface area contributed by atoms with Crippen molar-refractivity contribution in [1.29, 1.82) is 0 Å². The molecule has 2 aromatic carbocycles. The predicted molar refractivity (Wildman–Crippen MR) is 117 cm³/mol. The van der Waals surface area contributed by atoms with Crippen LogP contribution in [-0.4, -0.2) is 47.2 Å². The zero-order chi connectivity index (χ0) is 20.2. The van der Waals surface area contributed by atoms with Gasteiger partial charge in [0.25, 0.3) is 0 Å². The number of nitrogens with one attached hydrogen (secondary N) is 1. The van der Waals surface area contributed by atoms with Gasteiger partial charge in [-0.3, -0.25) is 0 Å². The summed E-state index contributed by atoms with van der Waals surface area (Å²) in [6.07, 6.45) is 2.51. The van der Waals surface area contributed by atoms with Gasteiger partial charge in [-0.25, -0.2) is 9.97 Å². The van der Waals surface area contributed by atoms with Crippen LogP contribution in [0.5, 0.6) is 11.5 Å². The highest BCUT2D eigenvalue weighted by molar-refractivity contribution is 6.30. The zero-order valence-corrected chi connectivity index (χ0v) is 17.4. The Morgan fingerprint density at radius 2 is 2.00 bits per heavy atom. The number of hydrogen-bond donors (Lipinski definition) is 1. The molecular weight excluding hydrogens is 388 g/mol. The Morgan fingerprint density at radius 3 is 2.79 bits per heavy atom. The fourth-order valence-electron chi connectivity index (χ4n) is 3.48. The molecule has 0 saturated carbocycles. The second-order valence-corrected chi connectivity index (χ2v) is 7.48. The van der Waals surface area contributed by atoms with Crippen LogP contribution >= 0.6 is 11.6 Å². The van der Waals surface area contributed by atoms with E-state index in [2.05, 4.69) is 34.0 Å². The molecule has 0 fully saturated rings. The molecule has 0 aliphatic carbocycles. The third kappa shape index (κ3) is 4.54. The molecule has 1 N–H and O–H groups in total. The molecule has 0 amide bonds. The molecule has 0 spiro atoms. The molecule has 4 rings (SSSR count). The Kier molecular flexibility index (Phi) is 6.02. The Balaban J connectivity index is 1.57. The molecule has 0 bridgehead atoms. The molecule has 3 aromatic rings. The highest BCUT2D eigenvalue weighted by Gasteiger charge is 2.23. The summed E-state index contributed by atoms with van der Waals surface area (Å²) in [4.78, 5) is 11.2. The van der Waals surface area contributed by atoms with Gasteiger partial charge in [0.2, 0.25) is 0 Å². The third-order valence-corrected chi connectivity index (χ3v) is 5.40. The van der Waals surface area contributed by atoms with Crippen LogP contribution in [0.4, 0.5) is 11.5 Å². The number of hydrogen-bond acceptors (Lipinski definition) is 6. The summed E-state index contributed by atoms with van der Waals surface area (Å²) in [5, 5.41) is 4.86. The molecule has 1 aromatic heterocycles. The largest absolute Gasteiger partial charge is 0.486 e. The van der Waals surface area contributed by atoms with Gasteiger partial charge in [-0.05, 0) is 37.4 Å². The average molecular weight is 413 g/mol. The van der Waals surface area contributed by atoms with Crippen LogP contribution in [-0.2, 0) is 0 Å². The zero-order valence-electron chi connectivity index (χ0n) is 16.7. The maximum absolute atomic E-state index is 6.25. The van der Waals surface area contributed by atoms with Crippen LogP contribution in [0, 0.1) is 0 Å². The smallest absolute Gasteiger partial charge is 0.163 e. The summed E-state index contributed by atoms with van der Waals surface area (Å²) < 4.78 is 12.2. The summed E-state index contributed by atoms with van der Waals surface area (Å²) in [5.41, 5.74) is 1.66. The summed E-state index contributed by atoms with van der Waals surface area (Å²) >= 11 is 6.10. The number of nitrogens with zero attached hydrogens (tertiary/aromatic N) is 3. The molecular formula is C22H25ClN4O2. The number of halogens is 1. The molecule has 1 aliphatic rings. The van der Waals surface area contributed by atoms with Crippen LogP contribution in [0.25, 0.3) is 10.9 Å². The first-order valence-corrected chi connectivity index (χ1v) is 10.4. The van der Waals surface area contributed by atoms with E-state index in [1.165, 1.54) is 6.33 Å². The lowest BCUT2D eigenvalue weighted by atomic mass is 10.1. The minimum atomic E-state index is 0.0366. The molecule has 2 heterocycles. The van der Waals surface area contributed by atoms with Crippen LogP contribution in [0.15, 0.2) is 42.7 Å². The Labute approximate surface area is 175 Å². The first-order chi connectivity index (χ1) is 14.2. The number of rotatable bonds is 7. The lowest BCUT2D eigenvalue weighted by molar-refractivity contribution is 0.0764. The van der Waals surface area contributed by atoms with E-state index in [4.69, 9.17) is 21.1 Å². The van der Waals surface area contributed by atoms with Gasteiger partial charge in [0.1, 0.15) is 24.9 Å². The first-order valence-electron chi connectivity index (χ1n) is 9.99. The van der Waals surface area contributed by atoms with E-state index in [0.29, 0.717) is 17.4 Å². The summed E-state index contributed by atoms with van der Waals surface area (Å²) in [5.74, 6) is 2.16. The van der Waals surface area contributed by atoms with E-state index in [1.807, 2.05) is 36.4 Å². The Hall–Kier alpha value is -2.57. The maximum atomic E-state index is 6.25. The van der Waals surface area contributed by atoms with Crippen LogP contribution < -0.4 is 14.8 Å². The molecule has 7 heteroatoms. The van der Waals surface area contributed by atoms with Crippen molar-refractivity contribution in [3.63, 3.8) is 0 Å². The second kappa shape index (κ2) is 8.84. The van der Waals surface area contributed by atoms with Crippen molar-refractivity contribution >= 4 is 34.0 Å². The van der Waals surface area contributed by atoms with E-state index >= 15 is 0 Å². The minimum absolute atomic E-state index is 0.0366. The van der Waals surface area contributed by atoms with Gasteiger partial charge in [-0.1, -0.05) is 31.5 Å². The van der Waals surface area contributed by atoms with Crippen molar-refractivity contribution in [2.75, 3.05) is 31.6 Å². The number of ether oxygens (including phenoxy) is 2. The number of fused-ring (bicyclic) bond motifs is 2. The first kappa shape index (κ1) is 19.7. The lowest BCUT2D eigenvalue weighted by Gasteiger charge is -2.28. The molecule has 1 unspecified atom stereocenters. The monoisotopic (exact) mass is 412 g/mol. The van der Waals surface area contributed by atoms with Crippen molar-refractivity contribution < 1.29 is 9.47 Å². The fourth-order valence-corrected chi connectivity index (χ4v) is 3.67. The number of anilines is 2. The average Bonchev–Trinajstić information content (AvgIpc) is 2.73. The highest BCUT2D eigenvalue weighted by Crippen LogP contribution is 2.38. The highest BCUT2D eigenvalue weighted by atomic mass is 35.5. The van der Waals surface area contributed by atoms with Gasteiger partial charge in [0.05, 0.1) is 5.52 Å². The molecule has 0 radical (unpaired) electrons. The summed E-state index contributed by atoms with van der Waals surface area (Å²) in [6.45, 7) is 7.99. The molecule has 29 heavy (non-hydrogen) atoms. The van der Waals surface area contributed by atoms with Crippen molar-refractivity contribution in [3.05, 3.63) is 47.7 Å². The number of aromatic nitrogens is 2. The second-order valence-electron chi connectivity index (χ2n) is 7.04. The molecule has 152 valence electrons. The molecule has 1 atom stereocenters. The number of benzene rings is 2. The van der Waals surface area contributed by atoms with Gasteiger partial charge in [-0.2, -0.15) is 0 Å². The quantitative estimate of drug-likeness (QED) is 0.595. The van der Waals surface area contributed by atoms with E-state index < -0.39 is 0 Å². The Morgan fingerprint density at radius 1 is 1.14 bits per heavy atom. The topological polar surface area (TPSA) is 59.5 Å². The van der Waals surface area contributed by atoms with E-state index in [1.54, 1.807) is 0 Å². The summed E-state index contributed by atoms with van der Waals surface area (Å²) in [6, 6.07) is 11.4. The van der Waals surface area contributed by atoms with E-state index in [0.717, 1.165) is 54.1 Å².